The molecule has 194 valence electrons. The average Bonchev–Trinajstić information content (AvgIpc) is 2.30. The average molecular weight is 536 g/mol. The van der Waals surface area contributed by atoms with E-state index in [2.05, 4.69) is 0 Å². The van der Waals surface area contributed by atoms with Gasteiger partial charge in [0.25, 0.3) is 0 Å². The first-order valence-corrected chi connectivity index (χ1v) is 5.21. The molecule has 0 amide bonds. The summed E-state index contributed by atoms with van der Waals surface area (Å²) in [5, 5.41) is 112. The molecule has 0 aromatic rings. The van der Waals surface area contributed by atoms with Gasteiger partial charge in [0.1, 0.15) is 0 Å². The number of hydrogen-bond donors (Lipinski definition) is 16. The van der Waals surface area contributed by atoms with Crippen molar-refractivity contribution < 1.29 is 173 Å². The maximum Gasteiger partial charge on any atom is 1.00 e. The van der Waals surface area contributed by atoms with Crippen molar-refractivity contribution in [2.45, 2.75) is 0 Å². The van der Waals surface area contributed by atoms with Crippen LogP contribution in [-0.2, 0) is 0 Å². The Kier molecular flexibility index (Phi) is 87.6. The van der Waals surface area contributed by atoms with Crippen LogP contribution in [0.5, 0.6) is 0 Å². The third kappa shape index (κ3) is 1050. The summed E-state index contributed by atoms with van der Waals surface area (Å²) in [7, 11) is 0. The Morgan fingerprint density at radius 1 is 0.242 bits per heavy atom. The van der Waals surface area contributed by atoms with Crippen molar-refractivity contribution in [1.29, 1.82) is 0 Å². The van der Waals surface area contributed by atoms with E-state index < -0.39 is 49.2 Å². The van der Waals surface area contributed by atoms with Crippen molar-refractivity contribution in [2.24, 2.45) is 0 Å². The van der Waals surface area contributed by atoms with Crippen LogP contribution in [0.25, 0.3) is 0 Å². The molecule has 0 atom stereocenters. The van der Waals surface area contributed by atoms with Crippen LogP contribution in [0.2, 0.25) is 0 Å². The van der Waals surface area contributed by atoms with Gasteiger partial charge in [-0.05, 0) is 0 Å². The molecule has 0 heterocycles. The Morgan fingerprint density at radius 2 is 0.242 bits per heavy atom. The molecule has 0 saturated heterocycles. The number of rotatable bonds is 0. The molecule has 33 heavy (non-hydrogen) atoms. The normalized spacial score (nSPS) is 5.82. The predicted molar refractivity (Wildman–Crippen MR) is 86.3 cm³/mol. The molecule has 0 rings (SSSR count). The second-order valence-electron chi connectivity index (χ2n) is 2.26. The van der Waals surface area contributed by atoms with Crippen molar-refractivity contribution in [2.75, 3.05) is 0 Å². The molecule has 16 N–H and O–H groups in total. The largest absolute Gasteiger partial charge is 1.00 e. The van der Waals surface area contributed by atoms with Gasteiger partial charge in [0, 0.05) is 0 Å². The maximum absolute atomic E-state index is 8.56. The Bertz CT molecular complexity index is 367. The van der Waals surface area contributed by atoms with Gasteiger partial charge < -0.3 is 83.1 Å². The number of carboxylic acid groups (broad SMARTS) is 16. The number of hydrogen-bond acceptors (Lipinski definition) is 8. The summed E-state index contributed by atoms with van der Waals surface area (Å²) in [5.74, 6) is 0. The summed E-state index contributed by atoms with van der Waals surface area (Å²) in [4.78, 5) is 68.4. The Labute approximate surface area is 221 Å². The first kappa shape index (κ1) is 56.8. The van der Waals surface area contributed by atoms with E-state index in [-0.39, 0.29) is 52.8 Å². The Hall–Kier alpha value is -4.20. The minimum absolute atomic E-state index is 0. The van der Waals surface area contributed by atoms with Crippen LogP contribution >= 0.6 is 0 Å². The molecular formula is C8H17KO24. The third-order valence-electron chi connectivity index (χ3n) is 0. The molecule has 0 spiro atoms. The van der Waals surface area contributed by atoms with Gasteiger partial charge in [-0.2, -0.15) is 0 Å². The molecule has 0 aliphatic rings. The van der Waals surface area contributed by atoms with Crippen molar-refractivity contribution in [3.63, 3.8) is 0 Å². The van der Waals surface area contributed by atoms with E-state index >= 15 is 0 Å². The Balaban J connectivity index is -0.0000000240. The standard InChI is InChI=1S/8CH2O3.K.H/c8*2-1(3)4;;/h8*(H2,2,3,4);;/q;;;;;;;;+1;-1. The van der Waals surface area contributed by atoms with Crippen LogP contribution in [0.3, 0.4) is 0 Å². The molecule has 24 nitrogen and oxygen atoms in total. The topological polar surface area (TPSA) is 460 Å². The zero-order valence-corrected chi connectivity index (χ0v) is 18.5. The maximum atomic E-state index is 8.56. The van der Waals surface area contributed by atoms with Crippen LogP contribution in [0.1, 0.15) is 1.43 Å². The van der Waals surface area contributed by atoms with E-state index in [4.69, 9.17) is 120 Å². The van der Waals surface area contributed by atoms with Crippen LogP contribution < -0.4 is 51.4 Å². The summed E-state index contributed by atoms with van der Waals surface area (Å²) < 4.78 is 0. The molecule has 0 bridgehead atoms. The molecular weight excluding hydrogens is 519 g/mol. The molecule has 0 aromatic heterocycles. The fourth-order valence-corrected chi connectivity index (χ4v) is 0. The summed E-state index contributed by atoms with van der Waals surface area (Å²) in [6.45, 7) is 0. The molecule has 25 heteroatoms. The van der Waals surface area contributed by atoms with E-state index in [1.807, 2.05) is 0 Å². The van der Waals surface area contributed by atoms with Crippen LogP contribution in [0, 0.1) is 0 Å². The summed E-state index contributed by atoms with van der Waals surface area (Å²) >= 11 is 0. The third-order valence-corrected chi connectivity index (χ3v) is 0. The summed E-state index contributed by atoms with van der Waals surface area (Å²) in [6, 6.07) is 0. The molecule has 0 saturated carbocycles. The van der Waals surface area contributed by atoms with E-state index in [1.54, 1.807) is 0 Å². The first-order chi connectivity index (χ1) is 13.9. The second kappa shape index (κ2) is 50.9. The van der Waals surface area contributed by atoms with Crippen molar-refractivity contribution in [3.8, 4) is 0 Å². The molecule has 0 radical (unpaired) electrons. The molecule has 0 unspecified atom stereocenters. The van der Waals surface area contributed by atoms with Crippen molar-refractivity contribution in [3.05, 3.63) is 0 Å². The van der Waals surface area contributed by atoms with E-state index in [0.29, 0.717) is 0 Å². The molecule has 0 fully saturated rings. The van der Waals surface area contributed by atoms with Gasteiger partial charge >= 0.3 is 101 Å². The Morgan fingerprint density at radius 3 is 0.242 bits per heavy atom. The van der Waals surface area contributed by atoms with Crippen molar-refractivity contribution in [1.82, 2.24) is 0 Å². The monoisotopic (exact) mass is 536 g/mol. The van der Waals surface area contributed by atoms with Crippen LogP contribution in [0.4, 0.5) is 38.4 Å². The summed E-state index contributed by atoms with van der Waals surface area (Å²) in [5.41, 5.74) is 0. The van der Waals surface area contributed by atoms with Crippen molar-refractivity contribution >= 4 is 49.2 Å². The molecule has 0 aromatic carbocycles. The number of carbonyl (C=O) groups is 8. The fraction of sp³-hybridized carbons (Fsp3) is 0. The summed E-state index contributed by atoms with van der Waals surface area (Å²) in [6.07, 6.45) is -14.7. The SMILES string of the molecule is O=C(O)O.O=C(O)O.O=C(O)O.O=C(O)O.O=C(O)O.O=C(O)O.O=C(O)O.O=C(O)O.[H-].[K+]. The fourth-order valence-electron chi connectivity index (χ4n) is 0. The van der Waals surface area contributed by atoms with Gasteiger partial charge in [0.05, 0.1) is 0 Å². The van der Waals surface area contributed by atoms with Crippen LogP contribution in [-0.4, -0.2) is 131 Å². The van der Waals surface area contributed by atoms with Gasteiger partial charge in [-0.25, -0.2) is 38.4 Å². The van der Waals surface area contributed by atoms with Gasteiger partial charge in [-0.15, -0.1) is 0 Å². The predicted octanol–water partition coefficient (Wildman–Crippen LogP) is -1.10. The van der Waals surface area contributed by atoms with Crippen LogP contribution in [0.15, 0.2) is 0 Å². The van der Waals surface area contributed by atoms with Gasteiger partial charge in [-0.3, -0.25) is 0 Å². The van der Waals surface area contributed by atoms with E-state index in [9.17, 15) is 0 Å². The van der Waals surface area contributed by atoms with E-state index in [1.165, 1.54) is 0 Å². The zero-order valence-electron chi connectivity index (χ0n) is 16.4. The van der Waals surface area contributed by atoms with E-state index in [0.717, 1.165) is 0 Å². The quantitative estimate of drug-likeness (QED) is 0.163. The minimum atomic E-state index is -1.83. The van der Waals surface area contributed by atoms with Gasteiger partial charge in [0.2, 0.25) is 0 Å². The van der Waals surface area contributed by atoms with Gasteiger partial charge in [0.15, 0.2) is 0 Å². The molecule has 0 aliphatic carbocycles. The van der Waals surface area contributed by atoms with Gasteiger partial charge in [-0.1, -0.05) is 0 Å². The molecule has 0 aliphatic heterocycles. The minimum Gasteiger partial charge on any atom is -1.00 e. The first-order valence-electron chi connectivity index (χ1n) is 5.21. The smallest absolute Gasteiger partial charge is 1.00 e. The zero-order chi connectivity index (χ0) is 28.6. The second-order valence-corrected chi connectivity index (χ2v) is 2.26.